The first-order chi connectivity index (χ1) is 14.3. The average Bonchev–Trinajstić information content (AvgIpc) is 3.34. The third-order valence-corrected chi connectivity index (χ3v) is 7.29. The first-order valence-corrected chi connectivity index (χ1v) is 11.5. The Morgan fingerprint density at radius 2 is 1.90 bits per heavy atom. The number of aromatic amines is 1. The monoisotopic (exact) mass is 440 g/mol. The van der Waals surface area contributed by atoms with Gasteiger partial charge in [0.15, 0.2) is 5.13 Å². The number of nitrogens with one attached hydrogen (secondary N) is 2. The number of carbonyl (C=O) groups is 1. The van der Waals surface area contributed by atoms with Gasteiger partial charge < -0.3 is 10.3 Å². The number of thiazole rings is 1. The van der Waals surface area contributed by atoms with E-state index in [2.05, 4.69) is 15.3 Å². The van der Waals surface area contributed by atoms with Gasteiger partial charge >= 0.3 is 0 Å². The van der Waals surface area contributed by atoms with Gasteiger partial charge in [-0.25, -0.2) is 13.4 Å². The number of aromatic nitrogens is 2. The second-order valence-electron chi connectivity index (χ2n) is 6.91. The molecule has 30 heavy (non-hydrogen) atoms. The molecule has 2 aromatic heterocycles. The van der Waals surface area contributed by atoms with E-state index in [1.807, 2.05) is 42.8 Å². The second-order valence-corrected chi connectivity index (χ2v) is 9.81. The molecule has 0 atom stereocenters. The summed E-state index contributed by atoms with van der Waals surface area (Å²) in [6, 6.07) is 14.4. The zero-order chi connectivity index (χ0) is 21.3. The Labute approximate surface area is 178 Å². The molecular weight excluding hydrogens is 420 g/mol. The summed E-state index contributed by atoms with van der Waals surface area (Å²) in [5.41, 5.74) is 3.66. The number of aryl methyl sites for hydroxylation is 1. The number of likely N-dealkylation sites (N-methyl/N-ethyl adjacent to an activating group) is 1. The Hall–Kier alpha value is -3.01. The summed E-state index contributed by atoms with van der Waals surface area (Å²) in [7, 11) is -2.36. The van der Waals surface area contributed by atoms with Gasteiger partial charge in [-0.15, -0.1) is 11.3 Å². The summed E-state index contributed by atoms with van der Waals surface area (Å²) in [6.45, 7) is 1.57. The van der Waals surface area contributed by atoms with Gasteiger partial charge in [-0.3, -0.25) is 4.79 Å². The van der Waals surface area contributed by atoms with Crippen molar-refractivity contribution in [3.63, 3.8) is 0 Å². The van der Waals surface area contributed by atoms with E-state index < -0.39 is 15.9 Å². The molecule has 0 bridgehead atoms. The molecule has 2 N–H and O–H groups in total. The van der Waals surface area contributed by atoms with Crippen molar-refractivity contribution in [2.75, 3.05) is 18.9 Å². The molecule has 0 radical (unpaired) electrons. The largest absolute Gasteiger partial charge is 0.360 e. The van der Waals surface area contributed by atoms with Crippen molar-refractivity contribution in [3.8, 4) is 11.3 Å². The summed E-state index contributed by atoms with van der Waals surface area (Å²) >= 11 is 1.29. The van der Waals surface area contributed by atoms with Crippen molar-refractivity contribution < 1.29 is 13.2 Å². The number of nitrogens with zero attached hydrogens (tertiary/aromatic N) is 2. The maximum atomic E-state index is 12.6. The minimum atomic E-state index is -3.75. The van der Waals surface area contributed by atoms with E-state index >= 15 is 0 Å². The van der Waals surface area contributed by atoms with E-state index in [0.717, 1.165) is 32.0 Å². The minimum absolute atomic E-state index is 0.152. The number of rotatable bonds is 6. The lowest BCUT2D eigenvalue weighted by molar-refractivity contribution is -0.116. The van der Waals surface area contributed by atoms with Gasteiger partial charge in [0.25, 0.3) is 0 Å². The van der Waals surface area contributed by atoms with Crippen LogP contribution in [0.1, 0.15) is 5.56 Å². The highest BCUT2D eigenvalue weighted by molar-refractivity contribution is 7.89. The van der Waals surface area contributed by atoms with Crippen molar-refractivity contribution in [1.82, 2.24) is 14.3 Å². The predicted octanol–water partition coefficient (Wildman–Crippen LogP) is 3.86. The van der Waals surface area contributed by atoms with E-state index in [9.17, 15) is 13.2 Å². The molecule has 0 fully saturated rings. The topological polar surface area (TPSA) is 95.2 Å². The molecule has 7 nitrogen and oxygen atoms in total. The standard InChI is InChI=1S/C21H20N4O3S2/c1-14-7-9-15(10-8-14)30(27,28)25(2)12-20(26)24-21-23-19(13-29-21)17-11-22-18-6-4-3-5-16(17)18/h3-11,13,22H,12H2,1-2H3,(H,23,24,26). The number of carbonyl (C=O) groups excluding carboxylic acids is 1. The van der Waals surface area contributed by atoms with Gasteiger partial charge in [-0.05, 0) is 25.1 Å². The molecule has 1 amide bonds. The average molecular weight is 441 g/mol. The highest BCUT2D eigenvalue weighted by Gasteiger charge is 2.23. The normalized spacial score (nSPS) is 11.8. The lowest BCUT2D eigenvalue weighted by atomic mass is 10.1. The molecule has 0 saturated carbocycles. The molecule has 4 rings (SSSR count). The molecule has 0 aliphatic rings. The number of hydrogen-bond donors (Lipinski definition) is 2. The lowest BCUT2D eigenvalue weighted by Crippen LogP contribution is -2.34. The van der Waals surface area contributed by atoms with Crippen LogP contribution in [0, 0.1) is 6.92 Å². The molecular formula is C21H20N4O3S2. The molecule has 2 heterocycles. The predicted molar refractivity (Wildman–Crippen MR) is 119 cm³/mol. The van der Waals surface area contributed by atoms with E-state index in [1.54, 1.807) is 12.1 Å². The first kappa shape index (κ1) is 20.3. The molecule has 0 saturated heterocycles. The highest BCUT2D eigenvalue weighted by atomic mass is 32.2. The number of amides is 1. The summed E-state index contributed by atoms with van der Waals surface area (Å²) in [6.07, 6.45) is 1.88. The first-order valence-electron chi connectivity index (χ1n) is 9.19. The van der Waals surface area contributed by atoms with Gasteiger partial charge in [0.2, 0.25) is 15.9 Å². The van der Waals surface area contributed by atoms with Gasteiger partial charge in [0, 0.05) is 35.1 Å². The molecule has 0 unspecified atom stereocenters. The van der Waals surface area contributed by atoms with Crippen LogP contribution < -0.4 is 5.32 Å². The minimum Gasteiger partial charge on any atom is -0.360 e. The van der Waals surface area contributed by atoms with Crippen molar-refractivity contribution in [2.24, 2.45) is 0 Å². The molecule has 0 spiro atoms. The van der Waals surface area contributed by atoms with Gasteiger partial charge in [-0.1, -0.05) is 35.9 Å². The van der Waals surface area contributed by atoms with Gasteiger partial charge in [0.1, 0.15) is 0 Å². The smallest absolute Gasteiger partial charge is 0.243 e. The molecule has 0 aliphatic carbocycles. The quantitative estimate of drug-likeness (QED) is 0.476. The van der Waals surface area contributed by atoms with E-state index in [4.69, 9.17) is 0 Å². The number of fused-ring (bicyclic) bond motifs is 1. The van der Waals surface area contributed by atoms with Crippen LogP contribution >= 0.6 is 11.3 Å². The van der Waals surface area contributed by atoms with Crippen LogP contribution in [0.25, 0.3) is 22.2 Å². The molecule has 0 aliphatic heterocycles. The van der Waals surface area contributed by atoms with Crippen LogP contribution in [-0.2, 0) is 14.8 Å². The summed E-state index contributed by atoms with van der Waals surface area (Å²) in [4.78, 5) is 20.2. The summed E-state index contributed by atoms with van der Waals surface area (Å²) < 4.78 is 26.3. The van der Waals surface area contributed by atoms with Crippen molar-refractivity contribution in [1.29, 1.82) is 0 Å². The molecule has 9 heteroatoms. The fraction of sp³-hybridized carbons (Fsp3) is 0.143. The van der Waals surface area contributed by atoms with Gasteiger partial charge in [-0.2, -0.15) is 4.31 Å². The summed E-state index contributed by atoms with van der Waals surface area (Å²) in [5, 5.41) is 6.01. The number of anilines is 1. The van der Waals surface area contributed by atoms with Crippen molar-refractivity contribution in [3.05, 3.63) is 65.7 Å². The Bertz CT molecular complexity index is 1310. The third kappa shape index (κ3) is 4.00. The zero-order valence-corrected chi connectivity index (χ0v) is 18.0. The molecule has 2 aromatic carbocycles. The third-order valence-electron chi connectivity index (χ3n) is 4.71. The Kier molecular flexibility index (Phi) is 5.42. The van der Waals surface area contributed by atoms with Crippen LogP contribution in [0.15, 0.2) is 65.0 Å². The number of hydrogen-bond acceptors (Lipinski definition) is 5. The van der Waals surface area contributed by atoms with Crippen LogP contribution in [-0.4, -0.2) is 42.2 Å². The highest BCUT2D eigenvalue weighted by Crippen LogP contribution is 2.30. The van der Waals surface area contributed by atoms with E-state index in [1.165, 1.54) is 30.5 Å². The Morgan fingerprint density at radius 1 is 1.17 bits per heavy atom. The maximum absolute atomic E-state index is 12.6. The Balaban J connectivity index is 1.45. The van der Waals surface area contributed by atoms with Crippen LogP contribution in [0.2, 0.25) is 0 Å². The van der Waals surface area contributed by atoms with Crippen LogP contribution in [0.4, 0.5) is 5.13 Å². The van der Waals surface area contributed by atoms with Crippen molar-refractivity contribution >= 4 is 43.3 Å². The Morgan fingerprint density at radius 3 is 2.67 bits per heavy atom. The second kappa shape index (κ2) is 8.02. The lowest BCUT2D eigenvalue weighted by Gasteiger charge is -2.16. The maximum Gasteiger partial charge on any atom is 0.243 e. The van der Waals surface area contributed by atoms with Crippen LogP contribution in [0.5, 0.6) is 0 Å². The van der Waals surface area contributed by atoms with E-state index in [-0.39, 0.29) is 11.4 Å². The van der Waals surface area contributed by atoms with E-state index in [0.29, 0.717) is 5.13 Å². The number of benzene rings is 2. The number of H-pyrrole nitrogens is 1. The molecule has 4 aromatic rings. The fourth-order valence-corrected chi connectivity index (χ4v) is 4.93. The van der Waals surface area contributed by atoms with Gasteiger partial charge in [0.05, 0.1) is 17.1 Å². The zero-order valence-electron chi connectivity index (χ0n) is 16.4. The molecule has 154 valence electrons. The fourth-order valence-electron chi connectivity index (χ4n) is 3.07. The number of sulfonamides is 1. The van der Waals surface area contributed by atoms with Crippen molar-refractivity contribution in [2.45, 2.75) is 11.8 Å². The van der Waals surface area contributed by atoms with Crippen LogP contribution in [0.3, 0.4) is 0 Å². The number of para-hydroxylation sites is 1. The summed E-state index contributed by atoms with van der Waals surface area (Å²) in [5.74, 6) is -0.451. The SMILES string of the molecule is Cc1ccc(S(=O)(=O)N(C)CC(=O)Nc2nc(-c3c[nH]c4ccccc34)cs2)cc1.